The Morgan fingerprint density at radius 1 is 1.15 bits per heavy atom. The van der Waals surface area contributed by atoms with E-state index in [1.807, 2.05) is 25.2 Å². The molecule has 1 unspecified atom stereocenters. The van der Waals surface area contributed by atoms with Crippen LogP contribution >= 0.6 is 24.8 Å². The van der Waals surface area contributed by atoms with E-state index in [0.717, 1.165) is 31.7 Å². The molecule has 0 bridgehead atoms. The first kappa shape index (κ1) is 22.3. The first-order chi connectivity index (χ1) is 11.6. The highest BCUT2D eigenvalue weighted by Gasteiger charge is 2.28. The largest absolute Gasteiger partial charge is 0.368 e. The SMILES string of the molecule is CNC(C(=O)N1CCN(c2ccccc2C)CC1)c1cnn(C)c1.Cl.Cl. The molecule has 2 aromatic rings. The highest BCUT2D eigenvalue weighted by atomic mass is 35.5. The van der Waals surface area contributed by atoms with E-state index in [2.05, 4.69) is 46.5 Å². The molecule has 1 N–H and O–H groups in total. The maximum Gasteiger partial charge on any atom is 0.244 e. The smallest absolute Gasteiger partial charge is 0.244 e. The molecule has 1 aromatic heterocycles. The number of benzene rings is 1. The zero-order valence-corrected chi connectivity index (χ0v) is 17.0. The van der Waals surface area contributed by atoms with Crippen LogP contribution in [0.5, 0.6) is 0 Å². The van der Waals surface area contributed by atoms with Crippen molar-refractivity contribution in [2.24, 2.45) is 7.05 Å². The molecule has 1 fully saturated rings. The second kappa shape index (κ2) is 9.80. The molecule has 1 amide bonds. The Bertz CT molecular complexity index is 713. The van der Waals surface area contributed by atoms with Gasteiger partial charge in [-0.05, 0) is 25.6 Å². The van der Waals surface area contributed by atoms with Gasteiger partial charge in [-0.2, -0.15) is 5.10 Å². The highest BCUT2D eigenvalue weighted by Crippen LogP contribution is 2.22. The Balaban J connectivity index is 0.00000169. The fourth-order valence-electron chi connectivity index (χ4n) is 3.29. The van der Waals surface area contributed by atoms with Crippen LogP contribution in [0.4, 0.5) is 5.69 Å². The monoisotopic (exact) mass is 399 g/mol. The normalized spacial score (nSPS) is 15.0. The molecule has 144 valence electrons. The number of para-hydroxylation sites is 1. The maximum absolute atomic E-state index is 12.9. The predicted molar refractivity (Wildman–Crippen MR) is 109 cm³/mol. The van der Waals surface area contributed by atoms with Crippen LogP contribution in [-0.2, 0) is 11.8 Å². The number of nitrogens with zero attached hydrogens (tertiary/aromatic N) is 4. The number of aromatic nitrogens is 2. The summed E-state index contributed by atoms with van der Waals surface area (Å²) in [5.74, 6) is 0.120. The molecule has 0 radical (unpaired) electrons. The molecule has 8 heteroatoms. The highest BCUT2D eigenvalue weighted by molar-refractivity contribution is 5.85. The fourth-order valence-corrected chi connectivity index (χ4v) is 3.29. The van der Waals surface area contributed by atoms with Crippen molar-refractivity contribution < 1.29 is 4.79 Å². The first-order valence-electron chi connectivity index (χ1n) is 8.35. The number of likely N-dealkylation sites (N-methyl/N-ethyl adjacent to an activating group) is 1. The molecule has 2 heterocycles. The molecule has 0 spiro atoms. The Kier molecular flexibility index (Phi) is 8.40. The van der Waals surface area contributed by atoms with E-state index < -0.39 is 0 Å². The van der Waals surface area contributed by atoms with E-state index in [4.69, 9.17) is 0 Å². The summed E-state index contributed by atoms with van der Waals surface area (Å²) in [5, 5.41) is 7.29. The number of hydrogen-bond donors (Lipinski definition) is 1. The van der Waals surface area contributed by atoms with Crippen molar-refractivity contribution in [2.45, 2.75) is 13.0 Å². The van der Waals surface area contributed by atoms with Crippen LogP contribution in [0, 0.1) is 6.92 Å². The van der Waals surface area contributed by atoms with Gasteiger partial charge in [-0.3, -0.25) is 9.48 Å². The van der Waals surface area contributed by atoms with Crippen LogP contribution in [0.2, 0.25) is 0 Å². The number of nitrogens with one attached hydrogen (secondary N) is 1. The lowest BCUT2D eigenvalue weighted by Crippen LogP contribution is -2.51. The number of aryl methyl sites for hydroxylation is 2. The number of anilines is 1. The minimum Gasteiger partial charge on any atom is -0.368 e. The number of hydrogen-bond acceptors (Lipinski definition) is 4. The van der Waals surface area contributed by atoms with E-state index in [1.165, 1.54) is 11.3 Å². The average molecular weight is 400 g/mol. The van der Waals surface area contributed by atoms with E-state index in [1.54, 1.807) is 10.9 Å². The van der Waals surface area contributed by atoms with Gasteiger partial charge in [0.25, 0.3) is 0 Å². The van der Waals surface area contributed by atoms with E-state index >= 15 is 0 Å². The molecule has 1 aliphatic heterocycles. The van der Waals surface area contributed by atoms with Gasteiger partial charge < -0.3 is 15.1 Å². The molecule has 6 nitrogen and oxygen atoms in total. The maximum atomic E-state index is 12.9. The number of amides is 1. The molecule has 1 aromatic carbocycles. The van der Waals surface area contributed by atoms with Gasteiger partial charge in [0.2, 0.25) is 5.91 Å². The Morgan fingerprint density at radius 3 is 2.35 bits per heavy atom. The standard InChI is InChI=1S/C18H25N5O.2ClH/c1-14-6-4-5-7-16(14)22-8-10-23(11-9-22)18(24)17(19-2)15-12-20-21(3)13-15;;/h4-7,12-13,17,19H,8-11H2,1-3H3;2*1H. The van der Waals surface area contributed by atoms with Crippen LogP contribution in [0.25, 0.3) is 0 Å². The zero-order valence-electron chi connectivity index (χ0n) is 15.4. The van der Waals surface area contributed by atoms with Crippen molar-refractivity contribution >= 4 is 36.4 Å². The average Bonchev–Trinajstić information content (AvgIpc) is 3.02. The molecule has 0 saturated carbocycles. The Hall–Kier alpha value is -1.76. The number of piperazine rings is 1. The first-order valence-corrected chi connectivity index (χ1v) is 8.35. The van der Waals surface area contributed by atoms with Crippen molar-refractivity contribution in [2.75, 3.05) is 38.1 Å². The minimum absolute atomic E-state index is 0. The third-order valence-electron chi connectivity index (χ3n) is 4.64. The van der Waals surface area contributed by atoms with Gasteiger partial charge in [-0.15, -0.1) is 24.8 Å². The van der Waals surface area contributed by atoms with Gasteiger partial charge in [0, 0.05) is 50.7 Å². The molecular weight excluding hydrogens is 373 g/mol. The van der Waals surface area contributed by atoms with Crippen LogP contribution in [0.1, 0.15) is 17.2 Å². The quantitative estimate of drug-likeness (QED) is 0.855. The molecule has 3 rings (SSSR count). The van der Waals surface area contributed by atoms with E-state index in [0.29, 0.717) is 0 Å². The fraction of sp³-hybridized carbons (Fsp3) is 0.444. The van der Waals surface area contributed by atoms with Crippen LogP contribution < -0.4 is 10.2 Å². The molecular formula is C18H27Cl2N5O. The Labute approximate surface area is 167 Å². The number of carbonyl (C=O) groups excluding carboxylic acids is 1. The lowest BCUT2D eigenvalue weighted by atomic mass is 10.1. The lowest BCUT2D eigenvalue weighted by Gasteiger charge is -2.38. The summed E-state index contributed by atoms with van der Waals surface area (Å²) in [5.41, 5.74) is 3.45. The summed E-state index contributed by atoms with van der Waals surface area (Å²) < 4.78 is 1.73. The van der Waals surface area contributed by atoms with Gasteiger partial charge in [0.15, 0.2) is 0 Å². The summed E-state index contributed by atoms with van der Waals surface area (Å²) in [6.07, 6.45) is 3.64. The summed E-state index contributed by atoms with van der Waals surface area (Å²) in [4.78, 5) is 17.2. The van der Waals surface area contributed by atoms with Crippen LogP contribution in [0.15, 0.2) is 36.7 Å². The second-order valence-electron chi connectivity index (χ2n) is 6.27. The number of rotatable bonds is 4. The third-order valence-corrected chi connectivity index (χ3v) is 4.64. The molecule has 26 heavy (non-hydrogen) atoms. The number of carbonyl (C=O) groups is 1. The third kappa shape index (κ3) is 4.69. The molecule has 1 atom stereocenters. The van der Waals surface area contributed by atoms with Gasteiger partial charge in [0.1, 0.15) is 6.04 Å². The zero-order chi connectivity index (χ0) is 17.1. The van der Waals surface area contributed by atoms with E-state index in [9.17, 15) is 4.79 Å². The minimum atomic E-state index is -0.330. The molecule has 1 aliphatic rings. The lowest BCUT2D eigenvalue weighted by molar-refractivity contribution is -0.133. The van der Waals surface area contributed by atoms with Crippen molar-refractivity contribution in [3.8, 4) is 0 Å². The summed E-state index contributed by atoms with van der Waals surface area (Å²) in [7, 11) is 3.68. The van der Waals surface area contributed by atoms with Crippen molar-refractivity contribution in [1.82, 2.24) is 20.0 Å². The van der Waals surface area contributed by atoms with Gasteiger partial charge in [-0.1, -0.05) is 18.2 Å². The summed E-state index contributed by atoms with van der Waals surface area (Å²) in [6.45, 7) is 5.34. The van der Waals surface area contributed by atoms with E-state index in [-0.39, 0.29) is 36.8 Å². The topological polar surface area (TPSA) is 53.4 Å². The summed E-state index contributed by atoms with van der Waals surface area (Å²) in [6, 6.07) is 8.08. The predicted octanol–water partition coefficient (Wildman–Crippen LogP) is 2.18. The second-order valence-corrected chi connectivity index (χ2v) is 6.27. The van der Waals surface area contributed by atoms with Crippen molar-refractivity contribution in [1.29, 1.82) is 0 Å². The van der Waals surface area contributed by atoms with Crippen molar-refractivity contribution in [3.05, 3.63) is 47.8 Å². The van der Waals surface area contributed by atoms with Gasteiger partial charge >= 0.3 is 0 Å². The van der Waals surface area contributed by atoms with Gasteiger partial charge in [0.05, 0.1) is 6.20 Å². The molecule has 0 aliphatic carbocycles. The number of halogens is 2. The van der Waals surface area contributed by atoms with Crippen LogP contribution in [-0.4, -0.2) is 53.8 Å². The van der Waals surface area contributed by atoms with Gasteiger partial charge in [-0.25, -0.2) is 0 Å². The Morgan fingerprint density at radius 2 is 1.81 bits per heavy atom. The van der Waals surface area contributed by atoms with Crippen molar-refractivity contribution in [3.63, 3.8) is 0 Å². The van der Waals surface area contributed by atoms with Crippen LogP contribution in [0.3, 0.4) is 0 Å². The summed E-state index contributed by atoms with van der Waals surface area (Å²) >= 11 is 0. The molecule has 1 saturated heterocycles.